The number of ether oxygens (including phenoxy) is 1. The van der Waals surface area contributed by atoms with Gasteiger partial charge in [-0.25, -0.2) is 0 Å². The molecule has 0 radical (unpaired) electrons. The van der Waals surface area contributed by atoms with Crippen LogP contribution in [0, 0.1) is 11.3 Å². The van der Waals surface area contributed by atoms with Gasteiger partial charge >= 0.3 is 0 Å². The van der Waals surface area contributed by atoms with Crippen molar-refractivity contribution in [1.29, 1.82) is 0 Å². The Morgan fingerprint density at radius 1 is 1.53 bits per heavy atom. The SMILES string of the molecule is CC(CCl)C(=O)NCC1(C)CCOCC1. The minimum atomic E-state index is -0.102. The molecule has 15 heavy (non-hydrogen) atoms. The molecule has 0 aromatic rings. The Kier molecular flexibility index (Phi) is 4.87. The molecule has 88 valence electrons. The van der Waals surface area contributed by atoms with E-state index in [1.807, 2.05) is 6.92 Å². The first kappa shape index (κ1) is 12.8. The van der Waals surface area contributed by atoms with E-state index >= 15 is 0 Å². The van der Waals surface area contributed by atoms with Gasteiger partial charge < -0.3 is 10.1 Å². The third-order valence-electron chi connectivity index (χ3n) is 3.07. The van der Waals surface area contributed by atoms with Gasteiger partial charge in [-0.3, -0.25) is 4.79 Å². The fourth-order valence-electron chi connectivity index (χ4n) is 1.59. The summed E-state index contributed by atoms with van der Waals surface area (Å²) in [5.74, 6) is 0.332. The van der Waals surface area contributed by atoms with Crippen LogP contribution in [0.15, 0.2) is 0 Å². The van der Waals surface area contributed by atoms with E-state index in [9.17, 15) is 4.79 Å². The molecular weight excluding hydrogens is 214 g/mol. The standard InChI is InChI=1S/C11H20ClNO2/c1-9(7-12)10(14)13-8-11(2)3-5-15-6-4-11/h9H,3-8H2,1-2H3,(H,13,14). The van der Waals surface area contributed by atoms with Gasteiger partial charge in [0.2, 0.25) is 5.91 Å². The minimum absolute atomic E-state index is 0.0534. The van der Waals surface area contributed by atoms with E-state index in [-0.39, 0.29) is 17.2 Å². The summed E-state index contributed by atoms with van der Waals surface area (Å²) in [6.07, 6.45) is 2.03. The third-order valence-corrected chi connectivity index (χ3v) is 3.53. The maximum absolute atomic E-state index is 11.5. The topological polar surface area (TPSA) is 38.3 Å². The molecule has 0 spiro atoms. The van der Waals surface area contributed by atoms with Gasteiger partial charge in [0.1, 0.15) is 0 Å². The predicted octanol–water partition coefficient (Wildman–Crippen LogP) is 1.79. The van der Waals surface area contributed by atoms with Gasteiger partial charge in [-0.15, -0.1) is 11.6 Å². The zero-order valence-corrected chi connectivity index (χ0v) is 10.3. The van der Waals surface area contributed by atoms with Crippen molar-refractivity contribution in [1.82, 2.24) is 5.32 Å². The highest BCUT2D eigenvalue weighted by atomic mass is 35.5. The minimum Gasteiger partial charge on any atom is -0.381 e. The summed E-state index contributed by atoms with van der Waals surface area (Å²) in [6, 6.07) is 0. The molecule has 0 saturated carbocycles. The normalized spacial score (nSPS) is 22.1. The van der Waals surface area contributed by atoms with Crippen LogP contribution in [-0.4, -0.2) is 31.5 Å². The van der Waals surface area contributed by atoms with Crippen LogP contribution in [0.2, 0.25) is 0 Å². The molecule has 1 atom stereocenters. The van der Waals surface area contributed by atoms with Crippen molar-refractivity contribution in [2.45, 2.75) is 26.7 Å². The van der Waals surface area contributed by atoms with E-state index < -0.39 is 0 Å². The van der Waals surface area contributed by atoms with Crippen LogP contribution in [0.1, 0.15) is 26.7 Å². The lowest BCUT2D eigenvalue weighted by molar-refractivity contribution is -0.124. The monoisotopic (exact) mass is 233 g/mol. The Hall–Kier alpha value is -0.280. The number of rotatable bonds is 4. The number of hydrogen-bond donors (Lipinski definition) is 1. The molecule has 1 aliphatic heterocycles. The van der Waals surface area contributed by atoms with Gasteiger partial charge in [0.25, 0.3) is 0 Å². The third kappa shape index (κ3) is 3.99. The highest BCUT2D eigenvalue weighted by molar-refractivity contribution is 6.19. The number of carbonyl (C=O) groups is 1. The van der Waals surface area contributed by atoms with Crippen molar-refractivity contribution in [2.24, 2.45) is 11.3 Å². The van der Waals surface area contributed by atoms with E-state index in [4.69, 9.17) is 16.3 Å². The molecule has 1 unspecified atom stereocenters. The van der Waals surface area contributed by atoms with E-state index in [2.05, 4.69) is 12.2 Å². The first-order valence-electron chi connectivity index (χ1n) is 5.49. The van der Waals surface area contributed by atoms with Crippen molar-refractivity contribution in [3.63, 3.8) is 0 Å². The zero-order valence-electron chi connectivity index (χ0n) is 9.51. The number of alkyl halides is 1. The summed E-state index contributed by atoms with van der Waals surface area (Å²) < 4.78 is 5.31. The molecule has 1 rings (SSSR count). The number of amides is 1. The van der Waals surface area contributed by atoms with Gasteiger partial charge in [0, 0.05) is 31.6 Å². The Morgan fingerprint density at radius 2 is 2.13 bits per heavy atom. The molecule has 0 aromatic heterocycles. The molecule has 4 heteroatoms. The second-order valence-electron chi connectivity index (χ2n) is 4.70. The Labute approximate surface area is 96.5 Å². The van der Waals surface area contributed by atoms with Crippen LogP contribution in [0.25, 0.3) is 0 Å². The average Bonchev–Trinajstić information content (AvgIpc) is 2.26. The predicted molar refractivity (Wildman–Crippen MR) is 61.1 cm³/mol. The van der Waals surface area contributed by atoms with Gasteiger partial charge in [-0.2, -0.15) is 0 Å². The van der Waals surface area contributed by atoms with Gasteiger partial charge in [-0.1, -0.05) is 13.8 Å². The number of hydrogen-bond acceptors (Lipinski definition) is 2. The lowest BCUT2D eigenvalue weighted by atomic mass is 9.82. The number of halogens is 1. The fraction of sp³-hybridized carbons (Fsp3) is 0.909. The molecule has 3 nitrogen and oxygen atoms in total. The molecule has 1 aliphatic rings. The summed E-state index contributed by atoms with van der Waals surface area (Å²) >= 11 is 5.62. The first-order valence-corrected chi connectivity index (χ1v) is 6.02. The molecule has 0 aromatic carbocycles. The zero-order chi connectivity index (χ0) is 11.3. The van der Waals surface area contributed by atoms with Crippen molar-refractivity contribution < 1.29 is 9.53 Å². The summed E-state index contributed by atoms with van der Waals surface area (Å²) in [4.78, 5) is 11.5. The van der Waals surface area contributed by atoms with Crippen molar-refractivity contribution in [3.05, 3.63) is 0 Å². The average molecular weight is 234 g/mol. The van der Waals surface area contributed by atoms with Gasteiger partial charge in [0.05, 0.1) is 0 Å². The molecule has 1 N–H and O–H groups in total. The molecule has 0 bridgehead atoms. The van der Waals surface area contributed by atoms with Crippen molar-refractivity contribution in [2.75, 3.05) is 25.6 Å². The largest absolute Gasteiger partial charge is 0.381 e. The van der Waals surface area contributed by atoms with Crippen molar-refractivity contribution in [3.8, 4) is 0 Å². The van der Waals surface area contributed by atoms with Crippen LogP contribution in [0.3, 0.4) is 0 Å². The smallest absolute Gasteiger partial charge is 0.224 e. The lowest BCUT2D eigenvalue weighted by Crippen LogP contribution is -2.41. The maximum Gasteiger partial charge on any atom is 0.224 e. The highest BCUT2D eigenvalue weighted by Gasteiger charge is 2.28. The molecular formula is C11H20ClNO2. The van der Waals surface area contributed by atoms with Crippen LogP contribution >= 0.6 is 11.6 Å². The maximum atomic E-state index is 11.5. The summed E-state index contributed by atoms with van der Waals surface area (Å²) in [5.41, 5.74) is 0.194. The van der Waals surface area contributed by atoms with Crippen molar-refractivity contribution >= 4 is 17.5 Å². The summed E-state index contributed by atoms with van der Waals surface area (Å²) in [7, 11) is 0. The number of carbonyl (C=O) groups excluding carboxylic acids is 1. The Balaban J connectivity index is 2.31. The van der Waals surface area contributed by atoms with Crippen LogP contribution in [0.4, 0.5) is 0 Å². The first-order chi connectivity index (χ1) is 7.07. The molecule has 1 fully saturated rings. The van der Waals surface area contributed by atoms with Gasteiger partial charge in [-0.05, 0) is 18.3 Å². The number of nitrogens with one attached hydrogen (secondary N) is 1. The van der Waals surface area contributed by atoms with Crippen LogP contribution in [-0.2, 0) is 9.53 Å². The van der Waals surface area contributed by atoms with Crippen LogP contribution in [0.5, 0.6) is 0 Å². The highest BCUT2D eigenvalue weighted by Crippen LogP contribution is 2.28. The fourth-order valence-corrected chi connectivity index (χ4v) is 1.73. The second kappa shape index (κ2) is 5.71. The summed E-state index contributed by atoms with van der Waals surface area (Å²) in [6.45, 7) is 6.38. The van der Waals surface area contributed by atoms with Gasteiger partial charge in [0.15, 0.2) is 0 Å². The van der Waals surface area contributed by atoms with E-state index in [0.717, 1.165) is 32.6 Å². The molecule has 0 aliphatic carbocycles. The summed E-state index contributed by atoms with van der Waals surface area (Å²) in [5, 5.41) is 2.96. The van der Waals surface area contributed by atoms with E-state index in [1.165, 1.54) is 0 Å². The molecule has 1 amide bonds. The van der Waals surface area contributed by atoms with Crippen LogP contribution < -0.4 is 5.32 Å². The Morgan fingerprint density at radius 3 is 2.67 bits per heavy atom. The molecule has 1 heterocycles. The lowest BCUT2D eigenvalue weighted by Gasteiger charge is -2.33. The second-order valence-corrected chi connectivity index (χ2v) is 5.00. The quantitative estimate of drug-likeness (QED) is 0.752. The van der Waals surface area contributed by atoms with E-state index in [1.54, 1.807) is 0 Å². The Bertz CT molecular complexity index is 215. The molecule has 1 saturated heterocycles. The van der Waals surface area contributed by atoms with E-state index in [0.29, 0.717) is 5.88 Å².